The van der Waals surface area contributed by atoms with Crippen LogP contribution in [0.25, 0.3) is 0 Å². The lowest BCUT2D eigenvalue weighted by Gasteiger charge is -2.32. The largest absolute Gasteiger partial charge is 0.515 e. The van der Waals surface area contributed by atoms with Gasteiger partial charge < -0.3 is 14.9 Å². The minimum Gasteiger partial charge on any atom is -0.515 e. The van der Waals surface area contributed by atoms with Gasteiger partial charge in [0.25, 0.3) is 0 Å². The Morgan fingerprint density at radius 1 is 1.24 bits per heavy atom. The average Bonchev–Trinajstić information content (AvgIpc) is 2.50. The van der Waals surface area contributed by atoms with E-state index in [1.165, 1.54) is 24.3 Å². The number of nitrogens with zero attached hydrogens (tertiary/aromatic N) is 2. The Balaban J connectivity index is 1.91. The lowest BCUT2D eigenvalue weighted by Crippen LogP contribution is -2.44. The van der Waals surface area contributed by atoms with Crippen molar-refractivity contribution in [2.75, 3.05) is 39.8 Å². The van der Waals surface area contributed by atoms with Crippen LogP contribution in [0.5, 0.6) is 0 Å². The monoisotopic (exact) mass is 292 g/mol. The molecule has 1 fully saturated rings. The van der Waals surface area contributed by atoms with E-state index in [-0.39, 0.29) is 11.6 Å². The molecule has 0 spiro atoms. The van der Waals surface area contributed by atoms with Gasteiger partial charge in [0.05, 0.1) is 6.26 Å². The molecule has 114 valence electrons. The number of hydrogen-bond acceptors (Lipinski definition) is 4. The minimum atomic E-state index is -0.376. The highest BCUT2D eigenvalue weighted by atomic mass is 19.1. The molecule has 1 saturated heterocycles. The summed E-state index contributed by atoms with van der Waals surface area (Å²) in [5, 5.41) is 9.30. The smallest absolute Gasteiger partial charge is 0.192 e. The molecule has 0 aliphatic carbocycles. The first-order valence-corrected chi connectivity index (χ1v) is 7.14. The first-order chi connectivity index (χ1) is 10.1. The van der Waals surface area contributed by atoms with E-state index in [4.69, 9.17) is 0 Å². The van der Waals surface area contributed by atoms with Gasteiger partial charge in [-0.25, -0.2) is 4.39 Å². The highest BCUT2D eigenvalue weighted by molar-refractivity contribution is 6.08. The van der Waals surface area contributed by atoms with E-state index in [0.29, 0.717) is 17.6 Å². The Hall–Kier alpha value is -1.72. The van der Waals surface area contributed by atoms with Crippen molar-refractivity contribution in [3.63, 3.8) is 0 Å². The van der Waals surface area contributed by atoms with Crippen LogP contribution >= 0.6 is 0 Å². The number of Topliss-reactive ketones (excluding diaryl/α,β-unsaturated/α-hetero) is 1. The number of piperazine rings is 1. The Morgan fingerprint density at radius 2 is 1.86 bits per heavy atom. The van der Waals surface area contributed by atoms with E-state index in [2.05, 4.69) is 16.8 Å². The second kappa shape index (κ2) is 7.33. The Bertz CT molecular complexity index is 506. The minimum absolute atomic E-state index is 0.244. The Labute approximate surface area is 124 Å². The third-order valence-electron chi connectivity index (χ3n) is 3.85. The Kier molecular flexibility index (Phi) is 5.47. The summed E-state index contributed by atoms with van der Waals surface area (Å²) in [4.78, 5) is 16.8. The molecule has 0 aromatic heterocycles. The molecule has 0 radical (unpaired) electrons. The fourth-order valence-corrected chi connectivity index (χ4v) is 2.37. The zero-order chi connectivity index (χ0) is 15.2. The fourth-order valence-electron chi connectivity index (χ4n) is 2.37. The van der Waals surface area contributed by atoms with Crippen molar-refractivity contribution >= 4 is 5.78 Å². The SMILES string of the molecule is CN1CCN(CC/C(=C\O)C(=O)c2ccc(F)cc2)CC1. The molecule has 1 aliphatic rings. The standard InChI is InChI=1S/C16H21FN2O2/c1-18-8-10-19(11-9-18)7-6-14(12-20)16(21)13-2-4-15(17)5-3-13/h2-5,12,20H,6-11H2,1H3/b14-12+. The maximum absolute atomic E-state index is 12.9. The summed E-state index contributed by atoms with van der Waals surface area (Å²) in [7, 11) is 2.09. The van der Waals surface area contributed by atoms with Gasteiger partial charge in [-0.15, -0.1) is 0 Å². The predicted molar refractivity (Wildman–Crippen MR) is 80.0 cm³/mol. The van der Waals surface area contributed by atoms with Gasteiger partial charge in [-0.2, -0.15) is 0 Å². The third-order valence-corrected chi connectivity index (χ3v) is 3.85. The summed E-state index contributed by atoms with van der Waals surface area (Å²) in [5.74, 6) is -0.620. The van der Waals surface area contributed by atoms with Crippen LogP contribution in [0.2, 0.25) is 0 Å². The Morgan fingerprint density at radius 3 is 2.43 bits per heavy atom. The van der Waals surface area contributed by atoms with Crippen LogP contribution in [-0.2, 0) is 0 Å². The van der Waals surface area contributed by atoms with Gasteiger partial charge in [0.1, 0.15) is 5.82 Å². The number of halogens is 1. The number of aliphatic hydroxyl groups is 1. The first kappa shape index (κ1) is 15.7. The zero-order valence-electron chi connectivity index (χ0n) is 12.3. The van der Waals surface area contributed by atoms with Gasteiger partial charge in [-0.05, 0) is 37.7 Å². The molecule has 0 saturated carbocycles. The summed E-state index contributed by atoms with van der Waals surface area (Å²) in [6.07, 6.45) is 1.37. The summed E-state index contributed by atoms with van der Waals surface area (Å²) < 4.78 is 12.9. The summed E-state index contributed by atoms with van der Waals surface area (Å²) in [5.41, 5.74) is 0.760. The third kappa shape index (κ3) is 4.37. The summed E-state index contributed by atoms with van der Waals surface area (Å²) in [6, 6.07) is 5.39. The van der Waals surface area contributed by atoms with E-state index in [1.54, 1.807) is 0 Å². The van der Waals surface area contributed by atoms with Crippen LogP contribution < -0.4 is 0 Å². The quantitative estimate of drug-likeness (QED) is 0.513. The van der Waals surface area contributed by atoms with E-state index in [9.17, 15) is 14.3 Å². The van der Waals surface area contributed by atoms with E-state index in [0.717, 1.165) is 39.0 Å². The molecular formula is C16H21FN2O2. The van der Waals surface area contributed by atoms with Crippen LogP contribution in [0.15, 0.2) is 36.1 Å². The molecule has 0 bridgehead atoms. The van der Waals surface area contributed by atoms with Crippen LogP contribution in [0.1, 0.15) is 16.8 Å². The van der Waals surface area contributed by atoms with Crippen LogP contribution in [-0.4, -0.2) is 60.5 Å². The van der Waals surface area contributed by atoms with Crippen molar-refractivity contribution in [1.82, 2.24) is 9.80 Å². The lowest BCUT2D eigenvalue weighted by molar-refractivity contribution is 0.102. The molecule has 1 aliphatic heterocycles. The average molecular weight is 292 g/mol. The fraction of sp³-hybridized carbons (Fsp3) is 0.438. The number of carbonyl (C=O) groups excluding carboxylic acids is 1. The van der Waals surface area contributed by atoms with Crippen molar-refractivity contribution < 1.29 is 14.3 Å². The first-order valence-electron chi connectivity index (χ1n) is 7.14. The maximum atomic E-state index is 12.9. The normalized spacial score (nSPS) is 17.9. The van der Waals surface area contributed by atoms with Gasteiger partial charge in [0.2, 0.25) is 0 Å². The van der Waals surface area contributed by atoms with Gasteiger partial charge in [-0.3, -0.25) is 4.79 Å². The van der Waals surface area contributed by atoms with Crippen LogP contribution in [0.3, 0.4) is 0 Å². The van der Waals surface area contributed by atoms with Crippen molar-refractivity contribution in [3.05, 3.63) is 47.5 Å². The number of benzene rings is 1. The highest BCUT2D eigenvalue weighted by Gasteiger charge is 2.17. The van der Waals surface area contributed by atoms with Gasteiger partial charge in [0.15, 0.2) is 5.78 Å². The second-order valence-electron chi connectivity index (χ2n) is 5.39. The van der Waals surface area contributed by atoms with Crippen LogP contribution in [0, 0.1) is 5.82 Å². The molecule has 1 aromatic carbocycles. The molecule has 1 heterocycles. The molecule has 1 N–H and O–H groups in total. The topological polar surface area (TPSA) is 43.8 Å². The zero-order valence-corrected chi connectivity index (χ0v) is 12.3. The predicted octanol–water partition coefficient (Wildman–Crippen LogP) is 2.09. The number of ketones is 1. The molecule has 0 amide bonds. The molecule has 4 nitrogen and oxygen atoms in total. The highest BCUT2D eigenvalue weighted by Crippen LogP contribution is 2.13. The van der Waals surface area contributed by atoms with E-state index in [1.807, 2.05) is 0 Å². The van der Waals surface area contributed by atoms with Crippen LogP contribution in [0.4, 0.5) is 4.39 Å². The van der Waals surface area contributed by atoms with E-state index < -0.39 is 0 Å². The van der Waals surface area contributed by atoms with Crippen molar-refractivity contribution in [2.45, 2.75) is 6.42 Å². The molecule has 2 rings (SSSR count). The van der Waals surface area contributed by atoms with Gasteiger partial charge >= 0.3 is 0 Å². The summed E-state index contributed by atoms with van der Waals surface area (Å²) >= 11 is 0. The van der Waals surface area contributed by atoms with Crippen molar-refractivity contribution in [3.8, 4) is 0 Å². The van der Waals surface area contributed by atoms with E-state index >= 15 is 0 Å². The van der Waals surface area contributed by atoms with Gasteiger partial charge in [-0.1, -0.05) is 0 Å². The molecule has 0 unspecified atom stereocenters. The molecular weight excluding hydrogens is 271 g/mol. The number of aliphatic hydroxyl groups excluding tert-OH is 1. The molecule has 0 atom stereocenters. The number of carbonyl (C=O) groups is 1. The maximum Gasteiger partial charge on any atom is 0.192 e. The summed E-state index contributed by atoms with van der Waals surface area (Å²) in [6.45, 7) is 4.72. The van der Waals surface area contributed by atoms with Gasteiger partial charge in [0, 0.05) is 43.9 Å². The molecule has 1 aromatic rings. The lowest BCUT2D eigenvalue weighted by atomic mass is 10.0. The molecule has 5 heteroatoms. The second-order valence-corrected chi connectivity index (χ2v) is 5.39. The number of likely N-dealkylation sites (N-methyl/N-ethyl adjacent to an activating group) is 1. The number of rotatable bonds is 5. The van der Waals surface area contributed by atoms with Crippen molar-refractivity contribution in [1.29, 1.82) is 0 Å². The molecule has 21 heavy (non-hydrogen) atoms. The number of hydrogen-bond donors (Lipinski definition) is 1. The van der Waals surface area contributed by atoms with Crippen molar-refractivity contribution in [2.24, 2.45) is 0 Å².